The van der Waals surface area contributed by atoms with E-state index in [4.69, 9.17) is 4.74 Å². The Morgan fingerprint density at radius 3 is 2.56 bits per heavy atom. The number of hydrogen-bond donors (Lipinski definition) is 1. The quantitative estimate of drug-likeness (QED) is 0.367. The van der Waals surface area contributed by atoms with Crippen LogP contribution in [0.25, 0.3) is 22.2 Å². The first-order valence-corrected chi connectivity index (χ1v) is 9.34. The van der Waals surface area contributed by atoms with Gasteiger partial charge in [0.05, 0.1) is 22.5 Å². The van der Waals surface area contributed by atoms with Crippen LogP contribution in [-0.4, -0.2) is 28.5 Å². The fourth-order valence-corrected chi connectivity index (χ4v) is 3.02. The third-order valence-corrected chi connectivity index (χ3v) is 4.54. The summed E-state index contributed by atoms with van der Waals surface area (Å²) in [5.74, 6) is -6.39. The number of rotatable bonds is 5. The zero-order valence-electron chi connectivity index (χ0n) is 16.3. The summed E-state index contributed by atoms with van der Waals surface area (Å²) >= 11 is 0. The molecule has 2 aromatic heterocycles. The second-order valence-electron chi connectivity index (χ2n) is 6.66. The summed E-state index contributed by atoms with van der Waals surface area (Å²) in [6.07, 6.45) is 3.20. The molecular weight excluding hydrogens is 423 g/mol. The Kier molecular flexibility index (Phi) is 5.80. The molecule has 9 heteroatoms. The highest BCUT2D eigenvalue weighted by Crippen LogP contribution is 2.25. The minimum Gasteiger partial charge on any atom is -0.452 e. The predicted molar refractivity (Wildman–Crippen MR) is 110 cm³/mol. The minimum absolute atomic E-state index is 0.168. The first-order valence-electron chi connectivity index (χ1n) is 9.34. The van der Waals surface area contributed by atoms with Gasteiger partial charge in [-0.1, -0.05) is 18.2 Å². The van der Waals surface area contributed by atoms with Crippen molar-refractivity contribution in [2.24, 2.45) is 0 Å². The summed E-state index contributed by atoms with van der Waals surface area (Å²) in [6.45, 7) is -0.768. The van der Waals surface area contributed by atoms with E-state index in [-0.39, 0.29) is 5.56 Å². The van der Waals surface area contributed by atoms with Gasteiger partial charge in [-0.3, -0.25) is 9.78 Å². The number of anilines is 1. The Balaban J connectivity index is 1.55. The van der Waals surface area contributed by atoms with Crippen molar-refractivity contribution < 1.29 is 27.5 Å². The average Bonchev–Trinajstić information content (AvgIpc) is 2.82. The van der Waals surface area contributed by atoms with Crippen molar-refractivity contribution in [2.75, 3.05) is 11.9 Å². The highest BCUT2D eigenvalue weighted by Gasteiger charge is 2.19. The molecule has 0 radical (unpaired) electrons. The molecular formula is C23H14F3N3O3. The van der Waals surface area contributed by atoms with Gasteiger partial charge in [-0.15, -0.1) is 0 Å². The van der Waals surface area contributed by atoms with E-state index >= 15 is 0 Å². The summed E-state index contributed by atoms with van der Waals surface area (Å²) < 4.78 is 45.1. The van der Waals surface area contributed by atoms with Crippen LogP contribution in [0.3, 0.4) is 0 Å². The highest BCUT2D eigenvalue weighted by atomic mass is 19.2. The summed E-state index contributed by atoms with van der Waals surface area (Å²) in [4.78, 5) is 33.4. The maximum absolute atomic E-state index is 13.7. The number of aromatic nitrogens is 2. The predicted octanol–water partition coefficient (Wildman–Crippen LogP) is 4.51. The second-order valence-corrected chi connectivity index (χ2v) is 6.66. The molecule has 0 aliphatic heterocycles. The third kappa shape index (κ3) is 4.27. The Bertz CT molecular complexity index is 1330. The molecule has 0 unspecified atom stereocenters. The molecule has 0 spiro atoms. The topological polar surface area (TPSA) is 81.2 Å². The normalized spacial score (nSPS) is 10.7. The Labute approximate surface area is 179 Å². The van der Waals surface area contributed by atoms with Crippen LogP contribution in [0.1, 0.15) is 10.4 Å². The Morgan fingerprint density at radius 2 is 1.78 bits per heavy atom. The van der Waals surface area contributed by atoms with Crippen LogP contribution < -0.4 is 5.32 Å². The van der Waals surface area contributed by atoms with Gasteiger partial charge in [-0.25, -0.2) is 22.9 Å². The van der Waals surface area contributed by atoms with E-state index in [0.717, 1.165) is 6.07 Å². The third-order valence-electron chi connectivity index (χ3n) is 4.54. The molecule has 0 saturated carbocycles. The van der Waals surface area contributed by atoms with Crippen LogP contribution in [0, 0.1) is 17.5 Å². The van der Waals surface area contributed by atoms with Crippen LogP contribution in [0.4, 0.5) is 18.9 Å². The molecule has 0 aliphatic carbocycles. The van der Waals surface area contributed by atoms with Gasteiger partial charge in [0.2, 0.25) is 0 Å². The van der Waals surface area contributed by atoms with Crippen molar-refractivity contribution in [1.82, 2.24) is 9.97 Å². The zero-order chi connectivity index (χ0) is 22.7. The average molecular weight is 437 g/mol. The lowest BCUT2D eigenvalue weighted by Gasteiger charge is -2.11. The summed E-state index contributed by atoms with van der Waals surface area (Å²) in [7, 11) is 0. The lowest BCUT2D eigenvalue weighted by molar-refractivity contribution is -0.119. The fraction of sp³-hybridized carbons (Fsp3) is 0.0435. The van der Waals surface area contributed by atoms with E-state index in [9.17, 15) is 22.8 Å². The number of ether oxygens (including phenoxy) is 1. The molecule has 160 valence electrons. The number of carbonyl (C=O) groups excluding carboxylic acids is 2. The number of amides is 1. The van der Waals surface area contributed by atoms with Gasteiger partial charge in [0, 0.05) is 23.3 Å². The number of pyridine rings is 2. The molecule has 0 atom stereocenters. The maximum Gasteiger partial charge on any atom is 0.339 e. The molecule has 2 aromatic carbocycles. The molecule has 2 heterocycles. The Morgan fingerprint density at radius 1 is 0.969 bits per heavy atom. The monoisotopic (exact) mass is 437 g/mol. The number of para-hydroxylation sites is 1. The van der Waals surface area contributed by atoms with Crippen molar-refractivity contribution >= 4 is 28.5 Å². The van der Waals surface area contributed by atoms with Gasteiger partial charge in [0.15, 0.2) is 24.1 Å². The SMILES string of the molecule is O=C(COC(=O)c1cc(-c2cccnc2)nc2ccccc12)Nc1ccc(F)c(F)c1F. The molecule has 1 N–H and O–H groups in total. The van der Waals surface area contributed by atoms with E-state index in [1.54, 1.807) is 48.8 Å². The highest BCUT2D eigenvalue weighted by molar-refractivity contribution is 6.05. The molecule has 4 rings (SSSR count). The van der Waals surface area contributed by atoms with Gasteiger partial charge in [-0.05, 0) is 36.4 Å². The molecule has 0 bridgehead atoms. The first kappa shape index (κ1) is 21.0. The van der Waals surface area contributed by atoms with Crippen LogP contribution in [0.2, 0.25) is 0 Å². The van der Waals surface area contributed by atoms with Gasteiger partial charge in [-0.2, -0.15) is 0 Å². The van der Waals surface area contributed by atoms with Gasteiger partial charge in [0.25, 0.3) is 5.91 Å². The smallest absolute Gasteiger partial charge is 0.339 e. The van der Waals surface area contributed by atoms with Gasteiger partial charge < -0.3 is 10.1 Å². The van der Waals surface area contributed by atoms with Crippen LogP contribution in [0.15, 0.2) is 67.0 Å². The number of carbonyl (C=O) groups is 2. The molecule has 6 nitrogen and oxygen atoms in total. The van der Waals surface area contributed by atoms with E-state index in [1.807, 2.05) is 5.32 Å². The first-order chi connectivity index (χ1) is 15.4. The number of benzene rings is 2. The molecule has 0 saturated heterocycles. The standard InChI is InChI=1S/C23H14F3N3O3/c24-16-7-8-18(22(26)21(16)25)29-20(30)12-32-23(31)15-10-19(13-4-3-9-27-11-13)28-17-6-2-1-5-14(15)17/h1-11H,12H2,(H,29,30). The number of halogens is 3. The largest absolute Gasteiger partial charge is 0.452 e. The zero-order valence-corrected chi connectivity index (χ0v) is 16.3. The maximum atomic E-state index is 13.7. The minimum atomic E-state index is -1.72. The van der Waals surface area contributed by atoms with E-state index in [0.29, 0.717) is 28.2 Å². The number of fused-ring (bicyclic) bond motifs is 1. The van der Waals surface area contributed by atoms with E-state index in [2.05, 4.69) is 9.97 Å². The summed E-state index contributed by atoms with van der Waals surface area (Å²) in [6, 6.07) is 13.5. The van der Waals surface area contributed by atoms with Crippen molar-refractivity contribution in [2.45, 2.75) is 0 Å². The van der Waals surface area contributed by atoms with Crippen LogP contribution in [-0.2, 0) is 9.53 Å². The number of nitrogens with zero attached hydrogens (tertiary/aromatic N) is 2. The van der Waals surface area contributed by atoms with Gasteiger partial charge >= 0.3 is 5.97 Å². The van der Waals surface area contributed by atoms with Crippen molar-refractivity contribution in [3.05, 3.63) is 90.0 Å². The number of esters is 1. The second kappa shape index (κ2) is 8.84. The molecule has 1 amide bonds. The molecule has 32 heavy (non-hydrogen) atoms. The van der Waals surface area contributed by atoms with Crippen LogP contribution >= 0.6 is 0 Å². The van der Waals surface area contributed by atoms with Crippen molar-refractivity contribution in [3.8, 4) is 11.3 Å². The number of hydrogen-bond acceptors (Lipinski definition) is 5. The lowest BCUT2D eigenvalue weighted by Crippen LogP contribution is -2.22. The van der Waals surface area contributed by atoms with E-state index < -0.39 is 41.6 Å². The molecule has 4 aromatic rings. The van der Waals surface area contributed by atoms with Crippen LogP contribution in [0.5, 0.6) is 0 Å². The lowest BCUT2D eigenvalue weighted by atomic mass is 10.1. The molecule has 0 fully saturated rings. The summed E-state index contributed by atoms with van der Waals surface area (Å²) in [5, 5.41) is 2.55. The Hall–Kier alpha value is -4.27. The van der Waals surface area contributed by atoms with E-state index in [1.165, 1.54) is 6.07 Å². The van der Waals surface area contributed by atoms with Crippen molar-refractivity contribution in [3.63, 3.8) is 0 Å². The van der Waals surface area contributed by atoms with Gasteiger partial charge in [0.1, 0.15) is 0 Å². The molecule has 0 aliphatic rings. The fourth-order valence-electron chi connectivity index (χ4n) is 3.02. The van der Waals surface area contributed by atoms with Crippen molar-refractivity contribution in [1.29, 1.82) is 0 Å². The summed E-state index contributed by atoms with van der Waals surface area (Å²) in [5.41, 5.74) is 1.30. The number of nitrogens with one attached hydrogen (secondary N) is 1.